The van der Waals surface area contributed by atoms with E-state index in [1.54, 1.807) is 30.2 Å². The van der Waals surface area contributed by atoms with Gasteiger partial charge in [-0.05, 0) is 38.1 Å². The highest BCUT2D eigenvalue weighted by Gasteiger charge is 2.19. The molecule has 0 bridgehead atoms. The molecule has 4 aromatic rings. The average Bonchev–Trinajstić information content (AvgIpc) is 3.45. The smallest absolute Gasteiger partial charge is 0.191 e. The number of rotatable bonds is 9. The van der Waals surface area contributed by atoms with Crippen molar-refractivity contribution in [1.82, 2.24) is 19.7 Å². The zero-order valence-corrected chi connectivity index (χ0v) is 19.3. The summed E-state index contributed by atoms with van der Waals surface area (Å²) in [6.07, 6.45) is -0.223. The molecule has 0 N–H and O–H groups in total. The highest BCUT2D eigenvalue weighted by molar-refractivity contribution is 7.98. The Morgan fingerprint density at radius 3 is 2.48 bits per heavy atom. The minimum atomic E-state index is -0.223. The molecule has 0 aliphatic carbocycles. The van der Waals surface area contributed by atoms with Gasteiger partial charge in [0.15, 0.2) is 17.1 Å². The fourth-order valence-corrected chi connectivity index (χ4v) is 4.97. The lowest BCUT2D eigenvalue weighted by molar-refractivity contribution is 0.209. The summed E-state index contributed by atoms with van der Waals surface area (Å²) in [7, 11) is 1.65. The first-order valence-electron chi connectivity index (χ1n) is 10.0. The van der Waals surface area contributed by atoms with Gasteiger partial charge >= 0.3 is 0 Å². The number of hydrogen-bond acceptors (Lipinski definition) is 7. The standard InChI is InChI=1S/C23H24N4O2S2/c1-4-27-21(16(2)29-20-12-10-19(28-3)11-13-20)25-26-23(27)31-15-18-14-30-22(24-18)17-8-6-5-7-9-17/h5-14,16H,4,15H2,1-3H3. The molecular weight excluding hydrogens is 428 g/mol. The summed E-state index contributed by atoms with van der Waals surface area (Å²) in [6, 6.07) is 17.8. The Hall–Kier alpha value is -2.84. The SMILES string of the molecule is CCn1c(SCc2csc(-c3ccccc3)n2)nnc1C(C)Oc1ccc(OC)cc1. The van der Waals surface area contributed by atoms with Gasteiger partial charge in [0, 0.05) is 23.2 Å². The van der Waals surface area contributed by atoms with E-state index in [0.29, 0.717) is 0 Å². The summed E-state index contributed by atoms with van der Waals surface area (Å²) < 4.78 is 13.4. The Bertz CT molecular complexity index is 1110. The molecule has 160 valence electrons. The molecule has 0 radical (unpaired) electrons. The normalized spacial score (nSPS) is 12.0. The monoisotopic (exact) mass is 452 g/mol. The predicted molar refractivity (Wildman–Crippen MR) is 125 cm³/mol. The van der Waals surface area contributed by atoms with Gasteiger partial charge in [-0.25, -0.2) is 4.98 Å². The third-order valence-corrected chi connectivity index (χ3v) is 6.66. The molecule has 0 amide bonds. The molecule has 0 aliphatic heterocycles. The van der Waals surface area contributed by atoms with Crippen LogP contribution in [0, 0.1) is 0 Å². The third kappa shape index (κ3) is 5.08. The van der Waals surface area contributed by atoms with Crippen molar-refractivity contribution >= 4 is 23.1 Å². The van der Waals surface area contributed by atoms with E-state index >= 15 is 0 Å². The number of thioether (sulfide) groups is 1. The Balaban J connectivity index is 1.42. The van der Waals surface area contributed by atoms with Crippen LogP contribution >= 0.6 is 23.1 Å². The number of benzene rings is 2. The fraction of sp³-hybridized carbons (Fsp3) is 0.261. The van der Waals surface area contributed by atoms with Crippen LogP contribution in [0.15, 0.2) is 65.1 Å². The summed E-state index contributed by atoms with van der Waals surface area (Å²) in [5.74, 6) is 3.12. The maximum absolute atomic E-state index is 6.07. The molecular formula is C23H24N4O2S2. The summed E-state index contributed by atoms with van der Waals surface area (Å²) in [5, 5.41) is 12.8. The van der Waals surface area contributed by atoms with E-state index in [1.165, 1.54) is 0 Å². The highest BCUT2D eigenvalue weighted by Crippen LogP contribution is 2.29. The van der Waals surface area contributed by atoms with Crippen LogP contribution in [-0.4, -0.2) is 26.9 Å². The molecule has 0 saturated carbocycles. The van der Waals surface area contributed by atoms with E-state index in [1.807, 2.05) is 49.4 Å². The molecule has 0 saturated heterocycles. The fourth-order valence-electron chi connectivity index (χ4n) is 3.14. The van der Waals surface area contributed by atoms with E-state index in [9.17, 15) is 0 Å². The molecule has 0 fully saturated rings. The Morgan fingerprint density at radius 2 is 1.77 bits per heavy atom. The van der Waals surface area contributed by atoms with Crippen molar-refractivity contribution in [3.63, 3.8) is 0 Å². The number of aromatic nitrogens is 4. The van der Waals surface area contributed by atoms with Crippen molar-refractivity contribution in [2.24, 2.45) is 0 Å². The van der Waals surface area contributed by atoms with Crippen LogP contribution in [0.1, 0.15) is 31.5 Å². The lowest BCUT2D eigenvalue weighted by Crippen LogP contribution is -2.12. The van der Waals surface area contributed by atoms with E-state index < -0.39 is 0 Å². The van der Waals surface area contributed by atoms with Gasteiger partial charge < -0.3 is 14.0 Å². The molecule has 1 atom stereocenters. The highest BCUT2D eigenvalue weighted by atomic mass is 32.2. The first-order valence-corrected chi connectivity index (χ1v) is 11.9. The van der Waals surface area contributed by atoms with Gasteiger partial charge in [0.1, 0.15) is 16.5 Å². The molecule has 0 aliphatic rings. The molecule has 8 heteroatoms. The quantitative estimate of drug-likeness (QED) is 0.296. The van der Waals surface area contributed by atoms with Crippen LogP contribution in [0.3, 0.4) is 0 Å². The van der Waals surface area contributed by atoms with Gasteiger partial charge in [-0.1, -0.05) is 42.1 Å². The molecule has 0 spiro atoms. The van der Waals surface area contributed by atoms with Crippen LogP contribution in [0.25, 0.3) is 10.6 Å². The summed E-state index contributed by atoms with van der Waals surface area (Å²) in [4.78, 5) is 4.77. The summed E-state index contributed by atoms with van der Waals surface area (Å²) >= 11 is 3.31. The maximum atomic E-state index is 6.07. The Kier molecular flexibility index (Phi) is 6.89. The maximum Gasteiger partial charge on any atom is 0.191 e. The first-order chi connectivity index (χ1) is 15.2. The van der Waals surface area contributed by atoms with Crippen LogP contribution in [0.5, 0.6) is 11.5 Å². The van der Waals surface area contributed by atoms with Crippen LogP contribution in [0.2, 0.25) is 0 Å². The molecule has 2 aromatic heterocycles. The summed E-state index contributed by atoms with van der Waals surface area (Å²) in [6.45, 7) is 4.85. The van der Waals surface area contributed by atoms with Crippen molar-refractivity contribution < 1.29 is 9.47 Å². The van der Waals surface area contributed by atoms with Crippen molar-refractivity contribution in [2.45, 2.75) is 37.4 Å². The minimum absolute atomic E-state index is 0.223. The van der Waals surface area contributed by atoms with Gasteiger partial charge in [0.2, 0.25) is 0 Å². The number of hydrogen-bond donors (Lipinski definition) is 0. The Morgan fingerprint density at radius 1 is 1.03 bits per heavy atom. The zero-order valence-electron chi connectivity index (χ0n) is 17.7. The lowest BCUT2D eigenvalue weighted by atomic mass is 10.2. The number of ether oxygens (including phenoxy) is 2. The van der Waals surface area contributed by atoms with Gasteiger partial charge in [0.25, 0.3) is 0 Å². The number of thiazole rings is 1. The van der Waals surface area contributed by atoms with E-state index in [-0.39, 0.29) is 6.10 Å². The van der Waals surface area contributed by atoms with Gasteiger partial charge in [-0.2, -0.15) is 0 Å². The average molecular weight is 453 g/mol. The topological polar surface area (TPSA) is 62.1 Å². The third-order valence-electron chi connectivity index (χ3n) is 4.72. The zero-order chi connectivity index (χ0) is 21.6. The van der Waals surface area contributed by atoms with Crippen LogP contribution in [-0.2, 0) is 12.3 Å². The molecule has 1 unspecified atom stereocenters. The molecule has 2 heterocycles. The first kappa shape index (κ1) is 21.4. The lowest BCUT2D eigenvalue weighted by Gasteiger charge is -2.15. The van der Waals surface area contributed by atoms with E-state index in [4.69, 9.17) is 14.5 Å². The van der Waals surface area contributed by atoms with Gasteiger partial charge in [-0.15, -0.1) is 21.5 Å². The van der Waals surface area contributed by atoms with Crippen molar-refractivity contribution in [3.8, 4) is 22.1 Å². The van der Waals surface area contributed by atoms with E-state index in [2.05, 4.69) is 39.2 Å². The van der Waals surface area contributed by atoms with Crippen molar-refractivity contribution in [1.29, 1.82) is 0 Å². The molecule has 2 aromatic carbocycles. The van der Waals surface area contributed by atoms with Gasteiger partial charge in [0.05, 0.1) is 12.8 Å². The largest absolute Gasteiger partial charge is 0.497 e. The summed E-state index contributed by atoms with van der Waals surface area (Å²) in [5.41, 5.74) is 2.19. The second-order valence-electron chi connectivity index (χ2n) is 6.82. The van der Waals surface area contributed by atoms with Crippen LogP contribution < -0.4 is 9.47 Å². The van der Waals surface area contributed by atoms with Crippen LogP contribution in [0.4, 0.5) is 0 Å². The predicted octanol–water partition coefficient (Wildman–Crippen LogP) is 5.86. The minimum Gasteiger partial charge on any atom is -0.497 e. The second kappa shape index (κ2) is 9.98. The number of nitrogens with zero attached hydrogens (tertiary/aromatic N) is 4. The van der Waals surface area contributed by atoms with Crippen molar-refractivity contribution in [3.05, 3.63) is 71.5 Å². The second-order valence-corrected chi connectivity index (χ2v) is 8.62. The van der Waals surface area contributed by atoms with E-state index in [0.717, 1.165) is 51.0 Å². The number of methoxy groups -OCH3 is 1. The molecule has 6 nitrogen and oxygen atoms in total. The molecule has 31 heavy (non-hydrogen) atoms. The molecule has 4 rings (SSSR count). The Labute approximate surface area is 190 Å². The van der Waals surface area contributed by atoms with Crippen molar-refractivity contribution in [2.75, 3.05) is 7.11 Å². The van der Waals surface area contributed by atoms with Gasteiger partial charge in [-0.3, -0.25) is 0 Å².